The van der Waals surface area contributed by atoms with Crippen molar-refractivity contribution in [2.75, 3.05) is 7.11 Å². The third-order valence-electron chi connectivity index (χ3n) is 3.84. The first-order valence-corrected chi connectivity index (χ1v) is 7.10. The average molecular weight is 309 g/mol. The van der Waals surface area contributed by atoms with Gasteiger partial charge in [0.2, 0.25) is 0 Å². The fourth-order valence-corrected chi connectivity index (χ4v) is 2.76. The first kappa shape index (κ1) is 15.0. The molecule has 0 saturated carbocycles. The van der Waals surface area contributed by atoms with Gasteiger partial charge >= 0.3 is 0 Å². The highest BCUT2D eigenvalue weighted by atomic mass is 16.6. The predicted molar refractivity (Wildman–Crippen MR) is 87.7 cm³/mol. The number of hydrogen-bond acceptors (Lipinski definition) is 4. The van der Waals surface area contributed by atoms with E-state index in [1.807, 2.05) is 12.1 Å². The lowest BCUT2D eigenvalue weighted by Gasteiger charge is -2.16. The monoisotopic (exact) mass is 309 g/mol. The van der Waals surface area contributed by atoms with Crippen molar-refractivity contribution in [2.45, 2.75) is 6.10 Å². The molecule has 3 rings (SSSR count). The molecule has 0 fully saturated rings. The molecule has 1 N–H and O–H groups in total. The summed E-state index contributed by atoms with van der Waals surface area (Å²) >= 11 is 0. The van der Waals surface area contributed by atoms with E-state index in [0.717, 1.165) is 5.39 Å². The number of ether oxygens (including phenoxy) is 1. The Morgan fingerprint density at radius 3 is 2.43 bits per heavy atom. The van der Waals surface area contributed by atoms with Gasteiger partial charge in [0.1, 0.15) is 11.9 Å². The molecule has 0 aliphatic heterocycles. The first-order chi connectivity index (χ1) is 11.1. The number of nitrogens with zero attached hydrogens (tertiary/aromatic N) is 1. The molecule has 0 saturated heterocycles. The Morgan fingerprint density at radius 2 is 1.70 bits per heavy atom. The normalized spacial score (nSPS) is 12.1. The summed E-state index contributed by atoms with van der Waals surface area (Å²) in [7, 11) is 1.50. The highest BCUT2D eigenvalue weighted by molar-refractivity contribution is 5.92. The van der Waals surface area contributed by atoms with Crippen LogP contribution in [0.15, 0.2) is 60.7 Å². The molecule has 0 heterocycles. The van der Waals surface area contributed by atoms with Crippen LogP contribution < -0.4 is 4.74 Å². The summed E-state index contributed by atoms with van der Waals surface area (Å²) in [6.45, 7) is 0. The molecule has 0 amide bonds. The zero-order valence-corrected chi connectivity index (χ0v) is 12.5. The predicted octanol–water partition coefficient (Wildman–Crippen LogP) is 3.84. The maximum Gasteiger partial charge on any atom is 0.283 e. The third kappa shape index (κ3) is 2.62. The van der Waals surface area contributed by atoms with E-state index in [2.05, 4.69) is 0 Å². The summed E-state index contributed by atoms with van der Waals surface area (Å²) in [6, 6.07) is 17.4. The quantitative estimate of drug-likeness (QED) is 0.587. The number of hydrogen-bond donors (Lipinski definition) is 1. The molecule has 1 unspecified atom stereocenters. The van der Waals surface area contributed by atoms with E-state index in [4.69, 9.17) is 4.74 Å². The second-order valence-electron chi connectivity index (χ2n) is 5.13. The van der Waals surface area contributed by atoms with Crippen LogP contribution in [-0.4, -0.2) is 17.1 Å². The molecule has 116 valence electrons. The molecule has 0 spiro atoms. The summed E-state index contributed by atoms with van der Waals surface area (Å²) in [6.07, 6.45) is -1.14. The summed E-state index contributed by atoms with van der Waals surface area (Å²) in [5, 5.41) is 23.6. The van der Waals surface area contributed by atoms with Gasteiger partial charge in [-0.2, -0.15) is 0 Å². The molecule has 0 aromatic heterocycles. The van der Waals surface area contributed by atoms with Gasteiger partial charge in [0.25, 0.3) is 5.69 Å². The van der Waals surface area contributed by atoms with Gasteiger partial charge in [0, 0.05) is 5.56 Å². The molecule has 3 aromatic carbocycles. The number of nitro groups is 1. The lowest BCUT2D eigenvalue weighted by Crippen LogP contribution is -2.06. The molecule has 0 bridgehead atoms. The SMILES string of the molecule is COc1ccccc1C(O)c1ccc2ccccc2c1[N+](=O)[O-]. The van der Waals surface area contributed by atoms with Crippen molar-refractivity contribution in [3.63, 3.8) is 0 Å². The van der Waals surface area contributed by atoms with Crippen LogP contribution in [0, 0.1) is 10.1 Å². The molecule has 23 heavy (non-hydrogen) atoms. The summed E-state index contributed by atoms with van der Waals surface area (Å²) in [4.78, 5) is 11.1. The number of para-hydroxylation sites is 1. The van der Waals surface area contributed by atoms with Crippen LogP contribution in [0.25, 0.3) is 10.8 Å². The van der Waals surface area contributed by atoms with Gasteiger partial charge in [0.15, 0.2) is 0 Å². The summed E-state index contributed by atoms with van der Waals surface area (Å²) in [5.41, 5.74) is 0.660. The molecule has 0 radical (unpaired) electrons. The molecule has 3 aromatic rings. The van der Waals surface area contributed by atoms with Crippen molar-refractivity contribution < 1.29 is 14.8 Å². The number of fused-ring (bicyclic) bond motifs is 1. The second-order valence-corrected chi connectivity index (χ2v) is 5.13. The Morgan fingerprint density at radius 1 is 1.00 bits per heavy atom. The Balaban J connectivity index is 2.23. The standard InChI is InChI=1S/C18H15NO4/c1-23-16-9-5-4-8-14(16)18(20)15-11-10-12-6-2-3-7-13(12)17(15)19(21)22/h2-11,18,20H,1H3. The average Bonchev–Trinajstić information content (AvgIpc) is 2.59. The van der Waals surface area contributed by atoms with Gasteiger partial charge in [-0.15, -0.1) is 0 Å². The fourth-order valence-electron chi connectivity index (χ4n) is 2.76. The number of rotatable bonds is 4. The largest absolute Gasteiger partial charge is 0.496 e. The van der Waals surface area contributed by atoms with Crippen molar-refractivity contribution >= 4 is 16.5 Å². The van der Waals surface area contributed by atoms with E-state index in [1.165, 1.54) is 7.11 Å². The van der Waals surface area contributed by atoms with Crippen molar-refractivity contribution in [3.8, 4) is 5.75 Å². The van der Waals surface area contributed by atoms with Crippen LogP contribution in [0.5, 0.6) is 5.75 Å². The van der Waals surface area contributed by atoms with Crippen LogP contribution >= 0.6 is 0 Å². The minimum atomic E-state index is -1.14. The smallest absolute Gasteiger partial charge is 0.283 e. The van der Waals surface area contributed by atoms with Gasteiger partial charge in [-0.3, -0.25) is 10.1 Å². The first-order valence-electron chi connectivity index (χ1n) is 7.10. The van der Waals surface area contributed by atoms with Gasteiger partial charge in [-0.05, 0) is 23.6 Å². The Kier molecular flexibility index (Phi) is 3.95. The van der Waals surface area contributed by atoms with E-state index in [9.17, 15) is 15.2 Å². The third-order valence-corrected chi connectivity index (χ3v) is 3.84. The van der Waals surface area contributed by atoms with Crippen LogP contribution in [0.3, 0.4) is 0 Å². The number of aliphatic hydroxyl groups excluding tert-OH is 1. The molecule has 5 nitrogen and oxygen atoms in total. The van der Waals surface area contributed by atoms with Crippen molar-refractivity contribution in [1.82, 2.24) is 0 Å². The van der Waals surface area contributed by atoms with Gasteiger partial charge in [-0.1, -0.05) is 42.5 Å². The zero-order chi connectivity index (χ0) is 16.4. The molecular weight excluding hydrogens is 294 g/mol. The van der Waals surface area contributed by atoms with Crippen LogP contribution in [-0.2, 0) is 0 Å². The van der Waals surface area contributed by atoms with Gasteiger partial charge in [0.05, 0.1) is 23.0 Å². The summed E-state index contributed by atoms with van der Waals surface area (Å²) in [5.74, 6) is 0.488. The number of nitro benzene ring substituents is 1. The Labute approximate surface area is 132 Å². The molecule has 1 atom stereocenters. The number of aliphatic hydroxyl groups is 1. The van der Waals surface area contributed by atoms with E-state index >= 15 is 0 Å². The lowest BCUT2D eigenvalue weighted by molar-refractivity contribution is -0.384. The number of benzene rings is 3. The van der Waals surface area contributed by atoms with Crippen molar-refractivity contribution in [3.05, 3.63) is 81.9 Å². The molecule has 0 aliphatic carbocycles. The lowest BCUT2D eigenvalue weighted by atomic mass is 9.95. The minimum Gasteiger partial charge on any atom is -0.496 e. The Bertz CT molecular complexity index is 876. The van der Waals surface area contributed by atoms with Crippen LogP contribution in [0.2, 0.25) is 0 Å². The van der Waals surface area contributed by atoms with E-state index < -0.39 is 11.0 Å². The van der Waals surface area contributed by atoms with Crippen molar-refractivity contribution in [2.24, 2.45) is 0 Å². The van der Waals surface area contributed by atoms with Crippen LogP contribution in [0.4, 0.5) is 5.69 Å². The molecule has 0 aliphatic rings. The summed E-state index contributed by atoms with van der Waals surface area (Å²) < 4.78 is 5.25. The van der Waals surface area contributed by atoms with Gasteiger partial charge in [-0.25, -0.2) is 0 Å². The molecular formula is C18H15NO4. The van der Waals surface area contributed by atoms with E-state index in [-0.39, 0.29) is 11.3 Å². The van der Waals surface area contributed by atoms with Crippen LogP contribution in [0.1, 0.15) is 17.2 Å². The molecule has 5 heteroatoms. The highest BCUT2D eigenvalue weighted by Crippen LogP contribution is 2.38. The second kappa shape index (κ2) is 6.06. The number of methoxy groups -OCH3 is 1. The van der Waals surface area contributed by atoms with E-state index in [1.54, 1.807) is 48.5 Å². The maximum absolute atomic E-state index is 11.6. The highest BCUT2D eigenvalue weighted by Gasteiger charge is 2.26. The topological polar surface area (TPSA) is 72.6 Å². The minimum absolute atomic E-state index is 0.0819. The van der Waals surface area contributed by atoms with E-state index in [0.29, 0.717) is 16.7 Å². The fraction of sp³-hybridized carbons (Fsp3) is 0.111. The Hall–Kier alpha value is -2.92. The zero-order valence-electron chi connectivity index (χ0n) is 12.5. The maximum atomic E-state index is 11.6. The van der Waals surface area contributed by atoms with Crippen molar-refractivity contribution in [1.29, 1.82) is 0 Å². The van der Waals surface area contributed by atoms with Gasteiger partial charge < -0.3 is 9.84 Å².